The quantitative estimate of drug-likeness (QED) is 0.328. The number of hydrogen-bond donors (Lipinski definition) is 3. The molecule has 4 N–H and O–H groups in total. The van der Waals surface area contributed by atoms with Crippen molar-refractivity contribution in [3.05, 3.63) is 0 Å². The third kappa shape index (κ3) is 26.4. The number of carbonyl (C=O) groups excluding carboxylic acids is 1. The molecule has 62 valence electrons. The van der Waals surface area contributed by atoms with E-state index < -0.39 is 0 Å². The van der Waals surface area contributed by atoms with Crippen LogP contribution < -0.4 is 5.73 Å². The highest BCUT2D eigenvalue weighted by molar-refractivity contribution is 5.65. The van der Waals surface area contributed by atoms with Crippen LogP contribution >= 0.6 is 0 Å². The first kappa shape index (κ1) is 12.1. The normalized spacial score (nSPS) is 7.60. The summed E-state index contributed by atoms with van der Waals surface area (Å²) < 4.78 is 4.18. The van der Waals surface area contributed by atoms with E-state index in [9.17, 15) is 4.79 Å². The highest BCUT2D eigenvalue weighted by Crippen LogP contribution is 1.64. The molecule has 0 heterocycles. The molecule has 10 heavy (non-hydrogen) atoms. The molecule has 0 atom stereocenters. The summed E-state index contributed by atoms with van der Waals surface area (Å²) in [5.74, 6) is -0.336. The van der Waals surface area contributed by atoms with Crippen molar-refractivity contribution in [2.24, 2.45) is 5.73 Å². The molecular formula is C5H13NO4. The van der Waals surface area contributed by atoms with Crippen LogP contribution in [0.4, 0.5) is 0 Å². The van der Waals surface area contributed by atoms with Gasteiger partial charge in [-0.05, 0) is 0 Å². The summed E-state index contributed by atoms with van der Waals surface area (Å²) in [5, 5.41) is 15.2. The van der Waals surface area contributed by atoms with E-state index in [-0.39, 0.29) is 25.9 Å². The molecule has 0 aromatic rings. The number of aliphatic hydroxyl groups is 2. The van der Waals surface area contributed by atoms with Gasteiger partial charge in [0.2, 0.25) is 0 Å². The molecule has 0 radical (unpaired) electrons. The summed E-state index contributed by atoms with van der Waals surface area (Å²) in [5.41, 5.74) is 4.79. The Labute approximate surface area is 59.4 Å². The number of carbonyl (C=O) groups is 1. The van der Waals surface area contributed by atoms with Gasteiger partial charge in [-0.2, -0.15) is 0 Å². The molecule has 0 saturated heterocycles. The molecular weight excluding hydrogens is 138 g/mol. The second kappa shape index (κ2) is 11.2. The Balaban J connectivity index is 0. The van der Waals surface area contributed by atoms with Crippen LogP contribution in [0, 0.1) is 0 Å². The molecule has 0 bridgehead atoms. The van der Waals surface area contributed by atoms with Crippen LogP contribution in [0.2, 0.25) is 0 Å². The SMILES string of the molecule is CC(=O)OCN.OCCO. The zero-order chi connectivity index (χ0) is 8.41. The lowest BCUT2D eigenvalue weighted by molar-refractivity contribution is -0.140. The number of esters is 1. The minimum Gasteiger partial charge on any atom is -0.450 e. The van der Waals surface area contributed by atoms with Gasteiger partial charge in [-0.1, -0.05) is 0 Å². The number of hydrogen-bond acceptors (Lipinski definition) is 5. The third-order valence-corrected chi connectivity index (χ3v) is 0.387. The molecule has 0 saturated carbocycles. The van der Waals surface area contributed by atoms with Gasteiger partial charge >= 0.3 is 5.97 Å². The predicted molar refractivity (Wildman–Crippen MR) is 35.0 cm³/mol. The van der Waals surface area contributed by atoms with Gasteiger partial charge in [0.05, 0.1) is 13.2 Å². The van der Waals surface area contributed by atoms with Crippen molar-refractivity contribution in [2.75, 3.05) is 19.9 Å². The summed E-state index contributed by atoms with van der Waals surface area (Å²) in [6.45, 7) is 1.04. The van der Waals surface area contributed by atoms with Crippen molar-refractivity contribution in [1.29, 1.82) is 0 Å². The van der Waals surface area contributed by atoms with Gasteiger partial charge in [0, 0.05) is 6.92 Å². The van der Waals surface area contributed by atoms with E-state index in [1.165, 1.54) is 6.92 Å². The zero-order valence-electron chi connectivity index (χ0n) is 5.91. The van der Waals surface area contributed by atoms with Crippen LogP contribution in [0.5, 0.6) is 0 Å². The van der Waals surface area contributed by atoms with E-state index in [1.807, 2.05) is 0 Å². The van der Waals surface area contributed by atoms with Crippen molar-refractivity contribution in [3.63, 3.8) is 0 Å². The first-order chi connectivity index (χ1) is 4.68. The second-order valence-electron chi connectivity index (χ2n) is 1.25. The molecule has 5 heteroatoms. The number of ether oxygens (including phenoxy) is 1. The molecule has 0 aliphatic heterocycles. The molecule has 0 fully saturated rings. The standard InChI is InChI=1S/C3H7NO2.C2H6O2/c1-3(5)6-2-4;3-1-2-4/h2,4H2,1H3;3-4H,1-2H2. The van der Waals surface area contributed by atoms with Crippen molar-refractivity contribution >= 4 is 5.97 Å². The van der Waals surface area contributed by atoms with Gasteiger partial charge in [-0.15, -0.1) is 0 Å². The Morgan fingerprint density at radius 1 is 1.50 bits per heavy atom. The molecule has 0 aliphatic carbocycles. The smallest absolute Gasteiger partial charge is 0.303 e. The minimum absolute atomic E-state index is 0.0185. The van der Waals surface area contributed by atoms with Gasteiger partial charge in [0.25, 0.3) is 0 Å². The third-order valence-electron chi connectivity index (χ3n) is 0.387. The van der Waals surface area contributed by atoms with Gasteiger partial charge in [-0.25, -0.2) is 0 Å². The first-order valence-corrected chi connectivity index (χ1v) is 2.74. The highest BCUT2D eigenvalue weighted by atomic mass is 16.5. The van der Waals surface area contributed by atoms with E-state index in [4.69, 9.17) is 15.9 Å². The summed E-state index contributed by atoms with van der Waals surface area (Å²) in [4.78, 5) is 9.74. The maximum atomic E-state index is 9.74. The van der Waals surface area contributed by atoms with Gasteiger partial charge in [0.1, 0.15) is 6.73 Å². The van der Waals surface area contributed by atoms with Crippen molar-refractivity contribution < 1.29 is 19.7 Å². The van der Waals surface area contributed by atoms with Crippen molar-refractivity contribution in [3.8, 4) is 0 Å². The van der Waals surface area contributed by atoms with Crippen LogP contribution in [0.3, 0.4) is 0 Å². The number of rotatable bonds is 2. The highest BCUT2D eigenvalue weighted by Gasteiger charge is 1.81. The van der Waals surface area contributed by atoms with Crippen LogP contribution in [0.1, 0.15) is 6.92 Å². The molecule has 0 amide bonds. The molecule has 0 unspecified atom stereocenters. The van der Waals surface area contributed by atoms with Gasteiger partial charge in [-0.3, -0.25) is 10.5 Å². The molecule has 0 rings (SSSR count). The average molecular weight is 151 g/mol. The maximum Gasteiger partial charge on any atom is 0.303 e. The van der Waals surface area contributed by atoms with Crippen molar-refractivity contribution in [1.82, 2.24) is 0 Å². The van der Waals surface area contributed by atoms with Gasteiger partial charge < -0.3 is 14.9 Å². The molecule has 0 spiro atoms. The minimum atomic E-state index is -0.336. The average Bonchev–Trinajstić information content (AvgIpc) is 1.89. The summed E-state index contributed by atoms with van der Waals surface area (Å²) >= 11 is 0. The Morgan fingerprint density at radius 2 is 1.90 bits per heavy atom. The molecule has 0 aromatic carbocycles. The van der Waals surface area contributed by atoms with E-state index in [0.717, 1.165) is 0 Å². The van der Waals surface area contributed by atoms with E-state index >= 15 is 0 Å². The van der Waals surface area contributed by atoms with E-state index in [1.54, 1.807) is 0 Å². The number of aliphatic hydroxyl groups excluding tert-OH is 2. The van der Waals surface area contributed by atoms with E-state index in [2.05, 4.69) is 4.74 Å². The lowest BCUT2D eigenvalue weighted by atomic mass is 10.8. The fourth-order valence-corrected chi connectivity index (χ4v) is 0.117. The Morgan fingerprint density at radius 3 is 1.90 bits per heavy atom. The Kier molecular flexibility index (Phi) is 13.5. The van der Waals surface area contributed by atoms with Crippen LogP contribution in [-0.2, 0) is 9.53 Å². The maximum absolute atomic E-state index is 9.74. The fourth-order valence-electron chi connectivity index (χ4n) is 0.117. The molecule has 5 nitrogen and oxygen atoms in total. The zero-order valence-corrected chi connectivity index (χ0v) is 5.91. The lowest BCUT2D eigenvalue weighted by Crippen LogP contribution is -2.07. The van der Waals surface area contributed by atoms with Crippen LogP contribution in [0.15, 0.2) is 0 Å². The largest absolute Gasteiger partial charge is 0.450 e. The second-order valence-corrected chi connectivity index (χ2v) is 1.25. The van der Waals surface area contributed by atoms with Crippen LogP contribution in [0.25, 0.3) is 0 Å². The monoisotopic (exact) mass is 151 g/mol. The fraction of sp³-hybridized carbons (Fsp3) is 0.800. The Hall–Kier alpha value is -0.650. The summed E-state index contributed by atoms with van der Waals surface area (Å²) in [6.07, 6.45) is 0. The van der Waals surface area contributed by atoms with Crippen LogP contribution in [-0.4, -0.2) is 36.1 Å². The molecule has 0 aromatic heterocycles. The topological polar surface area (TPSA) is 92.8 Å². The Bertz CT molecular complexity index is 74.0. The lowest BCUT2D eigenvalue weighted by Gasteiger charge is -1.89. The molecule has 0 aliphatic rings. The first-order valence-electron chi connectivity index (χ1n) is 2.74. The van der Waals surface area contributed by atoms with Gasteiger partial charge in [0.15, 0.2) is 0 Å². The summed E-state index contributed by atoms with van der Waals surface area (Å²) in [6, 6.07) is 0. The summed E-state index contributed by atoms with van der Waals surface area (Å²) in [7, 11) is 0. The predicted octanol–water partition coefficient (Wildman–Crippen LogP) is -1.56. The van der Waals surface area contributed by atoms with Crippen molar-refractivity contribution in [2.45, 2.75) is 6.92 Å². The number of nitrogens with two attached hydrogens (primary N) is 1. The van der Waals surface area contributed by atoms with E-state index in [0.29, 0.717) is 0 Å².